The maximum atomic E-state index is 11.3. The maximum absolute atomic E-state index is 11.3. The molecule has 0 radical (unpaired) electrons. The van der Waals surface area contributed by atoms with Gasteiger partial charge in [0.2, 0.25) is 0 Å². The number of H-pyrrole nitrogens is 1. The average Bonchev–Trinajstić information content (AvgIpc) is 3.00. The molecule has 6 heteroatoms. The Labute approximate surface area is 114 Å². The van der Waals surface area contributed by atoms with Crippen molar-refractivity contribution in [3.05, 3.63) is 36.0 Å². The smallest absolute Gasteiger partial charge is 0.339 e. The lowest BCUT2D eigenvalue weighted by molar-refractivity contribution is 0.0697. The molecule has 102 valence electrons. The number of ether oxygens (including phenoxy) is 1. The number of nitrogens with one attached hydrogen (secondary N) is 1. The van der Waals surface area contributed by atoms with Crippen LogP contribution in [0.1, 0.15) is 10.4 Å². The third-order valence-corrected chi connectivity index (χ3v) is 3.26. The van der Waals surface area contributed by atoms with Gasteiger partial charge in [0, 0.05) is 12.4 Å². The molecule has 0 saturated heterocycles. The highest BCUT2D eigenvalue weighted by atomic mass is 16.5. The first kappa shape index (κ1) is 12.3. The molecule has 3 rings (SSSR count). The Balaban J connectivity index is 2.26. The fourth-order valence-electron chi connectivity index (χ4n) is 2.34. The third-order valence-electron chi connectivity index (χ3n) is 3.26. The van der Waals surface area contributed by atoms with Crippen molar-refractivity contribution in [2.24, 2.45) is 7.05 Å². The summed E-state index contributed by atoms with van der Waals surface area (Å²) in [6.45, 7) is 0. The second kappa shape index (κ2) is 4.41. The molecule has 2 heterocycles. The van der Waals surface area contributed by atoms with E-state index in [9.17, 15) is 9.90 Å². The lowest BCUT2D eigenvalue weighted by Crippen LogP contribution is -2.00. The van der Waals surface area contributed by atoms with Crippen LogP contribution in [0.5, 0.6) is 5.75 Å². The van der Waals surface area contributed by atoms with E-state index in [1.165, 1.54) is 6.20 Å². The molecule has 0 unspecified atom stereocenters. The Kier molecular flexibility index (Phi) is 2.71. The van der Waals surface area contributed by atoms with E-state index in [0.29, 0.717) is 17.1 Å². The van der Waals surface area contributed by atoms with Crippen molar-refractivity contribution in [3.63, 3.8) is 0 Å². The Hall–Kier alpha value is -2.76. The van der Waals surface area contributed by atoms with Crippen LogP contribution in [-0.2, 0) is 7.05 Å². The molecule has 0 bridgehead atoms. The standard InChI is InChI=1S/C14H13N3O3/c1-17-13(9(7-15-17)14(18)19)10-6-8-4-3-5-11(20-2)12(8)16-10/h3-7,16H,1-2H3,(H,18,19). The molecule has 0 fully saturated rings. The van der Waals surface area contributed by atoms with Crippen LogP contribution in [0.4, 0.5) is 0 Å². The number of para-hydroxylation sites is 1. The summed E-state index contributed by atoms with van der Waals surface area (Å²) in [7, 11) is 3.31. The molecule has 0 aliphatic carbocycles. The third kappa shape index (κ3) is 1.73. The molecule has 0 aliphatic rings. The monoisotopic (exact) mass is 271 g/mol. The van der Waals surface area contributed by atoms with E-state index in [-0.39, 0.29) is 5.56 Å². The number of methoxy groups -OCH3 is 1. The molecule has 1 aromatic carbocycles. The normalized spacial score (nSPS) is 10.9. The van der Waals surface area contributed by atoms with Crippen LogP contribution in [0.2, 0.25) is 0 Å². The Bertz CT molecular complexity index is 801. The summed E-state index contributed by atoms with van der Waals surface area (Å²) < 4.78 is 6.84. The molecule has 6 nitrogen and oxygen atoms in total. The average molecular weight is 271 g/mol. The Morgan fingerprint density at radius 2 is 2.25 bits per heavy atom. The van der Waals surface area contributed by atoms with Crippen molar-refractivity contribution in [1.82, 2.24) is 14.8 Å². The van der Waals surface area contributed by atoms with Crippen LogP contribution in [0, 0.1) is 0 Å². The quantitative estimate of drug-likeness (QED) is 0.765. The number of carboxylic acids is 1. The molecule has 0 saturated carbocycles. The van der Waals surface area contributed by atoms with E-state index >= 15 is 0 Å². The second-order valence-corrected chi connectivity index (χ2v) is 4.44. The van der Waals surface area contributed by atoms with Gasteiger partial charge in [-0.15, -0.1) is 0 Å². The highest BCUT2D eigenvalue weighted by molar-refractivity contribution is 5.97. The van der Waals surface area contributed by atoms with Crippen LogP contribution in [-0.4, -0.2) is 33.0 Å². The van der Waals surface area contributed by atoms with E-state index in [2.05, 4.69) is 10.1 Å². The zero-order valence-electron chi connectivity index (χ0n) is 11.0. The first-order valence-electron chi connectivity index (χ1n) is 6.03. The van der Waals surface area contributed by atoms with Gasteiger partial charge in [-0.2, -0.15) is 5.10 Å². The zero-order chi connectivity index (χ0) is 14.3. The van der Waals surface area contributed by atoms with Gasteiger partial charge in [0.1, 0.15) is 11.3 Å². The van der Waals surface area contributed by atoms with Crippen LogP contribution >= 0.6 is 0 Å². The largest absolute Gasteiger partial charge is 0.495 e. The molecule has 2 aromatic heterocycles. The minimum Gasteiger partial charge on any atom is -0.495 e. The predicted molar refractivity (Wildman–Crippen MR) is 74.0 cm³/mol. The molecule has 0 aliphatic heterocycles. The number of carboxylic acid groups (broad SMARTS) is 1. The number of hydrogen-bond donors (Lipinski definition) is 2. The van der Waals surface area contributed by atoms with Crippen molar-refractivity contribution in [3.8, 4) is 17.1 Å². The van der Waals surface area contributed by atoms with Crippen LogP contribution in [0.3, 0.4) is 0 Å². The van der Waals surface area contributed by atoms with Crippen molar-refractivity contribution < 1.29 is 14.6 Å². The number of rotatable bonds is 3. The van der Waals surface area contributed by atoms with Crippen LogP contribution in [0.25, 0.3) is 22.3 Å². The van der Waals surface area contributed by atoms with Crippen molar-refractivity contribution in [1.29, 1.82) is 0 Å². The minimum atomic E-state index is -1.00. The van der Waals surface area contributed by atoms with Gasteiger partial charge >= 0.3 is 5.97 Å². The van der Waals surface area contributed by atoms with Crippen LogP contribution in [0.15, 0.2) is 30.5 Å². The molecule has 0 spiro atoms. The lowest BCUT2D eigenvalue weighted by atomic mass is 10.2. The van der Waals surface area contributed by atoms with E-state index < -0.39 is 5.97 Å². The first-order valence-corrected chi connectivity index (χ1v) is 6.03. The van der Waals surface area contributed by atoms with E-state index in [0.717, 1.165) is 10.9 Å². The molecule has 0 amide bonds. The molecule has 2 N–H and O–H groups in total. The fourth-order valence-corrected chi connectivity index (χ4v) is 2.34. The zero-order valence-corrected chi connectivity index (χ0v) is 11.0. The summed E-state index contributed by atoms with van der Waals surface area (Å²) in [4.78, 5) is 14.5. The number of nitrogens with zero attached hydrogens (tertiary/aromatic N) is 2. The molecule has 3 aromatic rings. The number of carbonyl (C=O) groups is 1. The number of benzene rings is 1. The van der Waals surface area contributed by atoms with E-state index in [4.69, 9.17) is 4.74 Å². The number of aromatic amines is 1. The number of fused-ring (bicyclic) bond motifs is 1. The van der Waals surface area contributed by atoms with Gasteiger partial charge in [-0.05, 0) is 12.1 Å². The molecular weight excluding hydrogens is 258 g/mol. The number of aryl methyl sites for hydroxylation is 1. The van der Waals surface area contributed by atoms with Gasteiger partial charge in [-0.3, -0.25) is 4.68 Å². The van der Waals surface area contributed by atoms with Crippen LogP contribution < -0.4 is 4.74 Å². The lowest BCUT2D eigenvalue weighted by Gasteiger charge is -2.02. The summed E-state index contributed by atoms with van der Waals surface area (Å²) in [5, 5.41) is 14.2. The van der Waals surface area contributed by atoms with Crippen molar-refractivity contribution in [2.45, 2.75) is 0 Å². The van der Waals surface area contributed by atoms with Gasteiger partial charge in [-0.25, -0.2) is 4.79 Å². The van der Waals surface area contributed by atoms with Gasteiger partial charge in [-0.1, -0.05) is 12.1 Å². The molecular formula is C14H13N3O3. The van der Waals surface area contributed by atoms with Crippen molar-refractivity contribution >= 4 is 16.9 Å². The van der Waals surface area contributed by atoms with E-state index in [1.807, 2.05) is 24.3 Å². The first-order chi connectivity index (χ1) is 9.61. The summed E-state index contributed by atoms with van der Waals surface area (Å²) in [6, 6.07) is 7.57. The maximum Gasteiger partial charge on any atom is 0.339 e. The fraction of sp³-hybridized carbons (Fsp3) is 0.143. The summed E-state index contributed by atoms with van der Waals surface area (Å²) >= 11 is 0. The highest BCUT2D eigenvalue weighted by Gasteiger charge is 2.19. The Morgan fingerprint density at radius 3 is 2.95 bits per heavy atom. The van der Waals surface area contributed by atoms with E-state index in [1.54, 1.807) is 18.8 Å². The minimum absolute atomic E-state index is 0.165. The van der Waals surface area contributed by atoms with Gasteiger partial charge in [0.15, 0.2) is 0 Å². The predicted octanol–water partition coefficient (Wildman–Crippen LogP) is 2.28. The topological polar surface area (TPSA) is 80.1 Å². The SMILES string of the molecule is COc1cccc2cc(-c3c(C(=O)O)cnn3C)[nH]c12. The highest BCUT2D eigenvalue weighted by Crippen LogP contribution is 2.31. The number of aromatic nitrogens is 3. The number of hydrogen-bond acceptors (Lipinski definition) is 3. The van der Waals surface area contributed by atoms with Crippen molar-refractivity contribution in [2.75, 3.05) is 7.11 Å². The Morgan fingerprint density at radius 1 is 1.45 bits per heavy atom. The summed E-state index contributed by atoms with van der Waals surface area (Å²) in [6.07, 6.45) is 1.35. The van der Waals surface area contributed by atoms with Gasteiger partial charge in [0.25, 0.3) is 0 Å². The summed E-state index contributed by atoms with van der Waals surface area (Å²) in [5.41, 5.74) is 2.23. The molecule has 20 heavy (non-hydrogen) atoms. The second-order valence-electron chi connectivity index (χ2n) is 4.44. The number of aromatic carboxylic acids is 1. The summed E-state index contributed by atoms with van der Waals surface area (Å²) in [5.74, 6) is -0.286. The molecule has 0 atom stereocenters. The van der Waals surface area contributed by atoms with Gasteiger partial charge < -0.3 is 14.8 Å². The van der Waals surface area contributed by atoms with Gasteiger partial charge in [0.05, 0.1) is 30.2 Å².